The summed E-state index contributed by atoms with van der Waals surface area (Å²) in [6.07, 6.45) is 0. The Hall–Kier alpha value is 1.85. The SMILES string of the molecule is [Al+3].[Mg+2].[OH-].[OH-].[OH-].[OH-].[Ti]. The van der Waals surface area contributed by atoms with Gasteiger partial charge in [0.15, 0.2) is 0 Å². The summed E-state index contributed by atoms with van der Waals surface area (Å²) in [7, 11) is 0. The molecule has 4 N–H and O–H groups in total. The maximum absolute atomic E-state index is 0. The summed E-state index contributed by atoms with van der Waals surface area (Å²) in [6.45, 7) is 0. The Morgan fingerprint density at radius 1 is 0.571 bits per heavy atom. The summed E-state index contributed by atoms with van der Waals surface area (Å²) < 4.78 is 0. The second-order valence-electron chi connectivity index (χ2n) is 0. The molecule has 0 saturated heterocycles. The van der Waals surface area contributed by atoms with Crippen molar-refractivity contribution in [2.24, 2.45) is 0 Å². The predicted molar refractivity (Wildman–Crippen MR) is 19.3 cm³/mol. The molecule has 0 saturated carbocycles. The molecule has 0 amide bonds. The van der Waals surface area contributed by atoms with Crippen LogP contribution in [0.3, 0.4) is 0 Å². The first-order chi connectivity index (χ1) is 0. The van der Waals surface area contributed by atoms with Crippen LogP contribution >= 0.6 is 0 Å². The standard InChI is InChI=1S/Al.Mg.4H2O.Ti/h;;4*1H2;/q+3;+2;;;;;/p-4. The van der Waals surface area contributed by atoms with Crippen LogP contribution < -0.4 is 0 Å². The molecule has 0 atom stereocenters. The van der Waals surface area contributed by atoms with E-state index in [9.17, 15) is 0 Å². The minimum Gasteiger partial charge on any atom is -0.870 e. The molecule has 0 aliphatic carbocycles. The molecule has 36 valence electrons. The molecule has 7 heteroatoms. The van der Waals surface area contributed by atoms with Crippen molar-refractivity contribution < 1.29 is 43.6 Å². The van der Waals surface area contributed by atoms with Gasteiger partial charge in [-0.05, 0) is 0 Å². The summed E-state index contributed by atoms with van der Waals surface area (Å²) in [5.41, 5.74) is 0. The molecule has 0 aliphatic rings. The molecule has 0 rings (SSSR count). The van der Waals surface area contributed by atoms with Crippen molar-refractivity contribution in [1.82, 2.24) is 0 Å². The van der Waals surface area contributed by atoms with E-state index in [2.05, 4.69) is 0 Å². The Balaban J connectivity index is 0. The van der Waals surface area contributed by atoms with Crippen LogP contribution in [0.2, 0.25) is 0 Å². The zero-order valence-corrected chi connectivity index (χ0v) is 7.70. The third-order valence-corrected chi connectivity index (χ3v) is 0. The fourth-order valence-electron chi connectivity index (χ4n) is 0. The van der Waals surface area contributed by atoms with Gasteiger partial charge in [-0.15, -0.1) is 0 Å². The summed E-state index contributed by atoms with van der Waals surface area (Å²) >= 11 is 0. The van der Waals surface area contributed by atoms with Gasteiger partial charge in [0.1, 0.15) is 0 Å². The first-order valence-electron chi connectivity index (χ1n) is 0. The first kappa shape index (κ1) is 159. The molecular formula is H4AlMgO4Ti+. The molecular weight excluding hydrogens is 163 g/mol. The van der Waals surface area contributed by atoms with Crippen LogP contribution in [0.15, 0.2) is 0 Å². The quantitative estimate of drug-likeness (QED) is 0.409. The molecule has 0 aromatic carbocycles. The molecule has 0 aliphatic heterocycles. The van der Waals surface area contributed by atoms with Gasteiger partial charge in [0.25, 0.3) is 0 Å². The molecule has 0 heterocycles. The summed E-state index contributed by atoms with van der Waals surface area (Å²) in [6, 6.07) is 0. The van der Waals surface area contributed by atoms with Crippen LogP contribution in [0, 0.1) is 0 Å². The average molecular weight is 167 g/mol. The average Bonchev–Trinajstić information content (AvgIpc) is 0. The third kappa shape index (κ3) is 78.4. The van der Waals surface area contributed by atoms with Crippen molar-refractivity contribution in [2.75, 3.05) is 0 Å². The van der Waals surface area contributed by atoms with E-state index in [1.54, 1.807) is 0 Å². The molecule has 0 bridgehead atoms. The Morgan fingerprint density at radius 2 is 0.571 bits per heavy atom. The van der Waals surface area contributed by atoms with Crippen molar-refractivity contribution in [3.63, 3.8) is 0 Å². The van der Waals surface area contributed by atoms with Crippen LogP contribution in [0.1, 0.15) is 0 Å². The van der Waals surface area contributed by atoms with Crippen molar-refractivity contribution in [3.8, 4) is 0 Å². The summed E-state index contributed by atoms with van der Waals surface area (Å²) in [5.74, 6) is 0. The number of hydrogen-bond acceptors (Lipinski definition) is 4. The van der Waals surface area contributed by atoms with Crippen LogP contribution in [0.4, 0.5) is 0 Å². The fourth-order valence-corrected chi connectivity index (χ4v) is 0. The van der Waals surface area contributed by atoms with Gasteiger partial charge in [-0.3, -0.25) is 0 Å². The largest absolute Gasteiger partial charge is 3.00 e. The van der Waals surface area contributed by atoms with Gasteiger partial charge < -0.3 is 21.9 Å². The fraction of sp³-hybridized carbons (Fsp3) is 0. The van der Waals surface area contributed by atoms with Gasteiger partial charge in [0, 0.05) is 21.7 Å². The van der Waals surface area contributed by atoms with Gasteiger partial charge in [-0.1, -0.05) is 0 Å². The maximum atomic E-state index is 0. The first-order valence-corrected chi connectivity index (χ1v) is 0. The van der Waals surface area contributed by atoms with Gasteiger partial charge in [0.05, 0.1) is 0 Å². The molecule has 0 unspecified atom stereocenters. The topological polar surface area (TPSA) is 120 Å². The Morgan fingerprint density at radius 3 is 0.571 bits per heavy atom. The second-order valence-corrected chi connectivity index (χ2v) is 0. The number of rotatable bonds is 0. The molecule has 0 aromatic rings. The van der Waals surface area contributed by atoms with E-state index in [4.69, 9.17) is 0 Å². The van der Waals surface area contributed by atoms with Crippen LogP contribution in [-0.4, -0.2) is 62.3 Å². The van der Waals surface area contributed by atoms with Crippen molar-refractivity contribution >= 4 is 40.4 Å². The van der Waals surface area contributed by atoms with E-state index in [1.165, 1.54) is 0 Å². The van der Waals surface area contributed by atoms with Gasteiger partial charge in [-0.25, -0.2) is 0 Å². The van der Waals surface area contributed by atoms with E-state index in [-0.39, 0.29) is 84.0 Å². The smallest absolute Gasteiger partial charge is 0.870 e. The van der Waals surface area contributed by atoms with Gasteiger partial charge >= 0.3 is 40.4 Å². The minimum atomic E-state index is 0. The predicted octanol–water partition coefficient (Wildman–Crippen LogP) is -1.47. The minimum absolute atomic E-state index is 0. The van der Waals surface area contributed by atoms with Gasteiger partial charge in [0.2, 0.25) is 0 Å². The van der Waals surface area contributed by atoms with Crippen LogP contribution in [0.5, 0.6) is 0 Å². The molecule has 4 nitrogen and oxygen atoms in total. The molecule has 0 aromatic heterocycles. The van der Waals surface area contributed by atoms with E-state index < -0.39 is 0 Å². The molecule has 0 fully saturated rings. The molecule has 7 heavy (non-hydrogen) atoms. The third-order valence-electron chi connectivity index (χ3n) is 0. The van der Waals surface area contributed by atoms with Crippen molar-refractivity contribution in [1.29, 1.82) is 0 Å². The maximum Gasteiger partial charge on any atom is 3.00 e. The zero-order chi connectivity index (χ0) is 0. The second kappa shape index (κ2) is 107. The van der Waals surface area contributed by atoms with E-state index in [1.807, 2.05) is 0 Å². The molecule has 0 radical (unpaired) electrons. The van der Waals surface area contributed by atoms with Gasteiger partial charge in [-0.2, -0.15) is 0 Å². The van der Waals surface area contributed by atoms with E-state index in [0.29, 0.717) is 0 Å². The Bertz CT molecular complexity index is 11.7. The number of hydrogen-bond donors (Lipinski definition) is 0. The zero-order valence-electron chi connectivity index (χ0n) is 3.57. The molecule has 0 spiro atoms. The Kier molecular flexibility index (Phi) is 2440. The van der Waals surface area contributed by atoms with Crippen molar-refractivity contribution in [3.05, 3.63) is 0 Å². The summed E-state index contributed by atoms with van der Waals surface area (Å²) in [4.78, 5) is 0. The van der Waals surface area contributed by atoms with E-state index >= 15 is 0 Å². The summed E-state index contributed by atoms with van der Waals surface area (Å²) in [5, 5.41) is 0. The van der Waals surface area contributed by atoms with E-state index in [0.717, 1.165) is 0 Å². The van der Waals surface area contributed by atoms with Crippen LogP contribution in [-0.2, 0) is 21.7 Å². The van der Waals surface area contributed by atoms with Crippen molar-refractivity contribution in [2.45, 2.75) is 0 Å². The normalized spacial score (nSPS) is 0. The van der Waals surface area contributed by atoms with Crippen LogP contribution in [0.25, 0.3) is 0 Å². The Labute approximate surface area is 83.4 Å². The monoisotopic (exact) mass is 167 g/mol.